The summed E-state index contributed by atoms with van der Waals surface area (Å²) >= 11 is 0. The fourth-order valence-electron chi connectivity index (χ4n) is 2.50. The zero-order chi connectivity index (χ0) is 14.3. The third kappa shape index (κ3) is 7.13. The van der Waals surface area contributed by atoms with E-state index in [9.17, 15) is 13.2 Å². The second-order valence-electron chi connectivity index (χ2n) is 5.27. The molecule has 0 spiro atoms. The van der Waals surface area contributed by atoms with Crippen molar-refractivity contribution < 1.29 is 13.2 Å². The van der Waals surface area contributed by atoms with E-state index in [1.54, 1.807) is 0 Å². The standard InChI is InChI=1S/C13H26F3N3/c1-3-17-6-4-5-12(2)19-9-7-18(8-10-19)11-13(14,15)16/h12,17H,3-11H2,1-2H3. The Balaban J connectivity index is 2.18. The van der Waals surface area contributed by atoms with Crippen molar-refractivity contribution in [1.29, 1.82) is 0 Å². The van der Waals surface area contributed by atoms with Gasteiger partial charge in [0.05, 0.1) is 6.54 Å². The molecule has 1 rings (SSSR count). The van der Waals surface area contributed by atoms with E-state index in [1.165, 1.54) is 4.90 Å². The highest BCUT2D eigenvalue weighted by molar-refractivity contribution is 4.77. The van der Waals surface area contributed by atoms with Gasteiger partial charge < -0.3 is 5.32 Å². The van der Waals surface area contributed by atoms with E-state index >= 15 is 0 Å². The molecule has 1 atom stereocenters. The van der Waals surface area contributed by atoms with Gasteiger partial charge >= 0.3 is 6.18 Å². The van der Waals surface area contributed by atoms with Crippen LogP contribution >= 0.6 is 0 Å². The molecule has 0 bridgehead atoms. The van der Waals surface area contributed by atoms with Crippen LogP contribution in [-0.4, -0.2) is 67.8 Å². The Morgan fingerprint density at radius 3 is 2.32 bits per heavy atom. The first-order chi connectivity index (χ1) is 8.92. The molecule has 0 amide bonds. The van der Waals surface area contributed by atoms with E-state index in [4.69, 9.17) is 0 Å². The van der Waals surface area contributed by atoms with Crippen LogP contribution in [0.25, 0.3) is 0 Å². The van der Waals surface area contributed by atoms with E-state index in [-0.39, 0.29) is 0 Å². The Labute approximate surface area is 114 Å². The van der Waals surface area contributed by atoms with Crippen molar-refractivity contribution in [3.05, 3.63) is 0 Å². The largest absolute Gasteiger partial charge is 0.401 e. The van der Waals surface area contributed by atoms with Crippen LogP contribution in [0.3, 0.4) is 0 Å². The zero-order valence-electron chi connectivity index (χ0n) is 12.0. The molecule has 114 valence electrons. The number of nitrogens with one attached hydrogen (secondary N) is 1. The van der Waals surface area contributed by atoms with Crippen LogP contribution < -0.4 is 5.32 Å². The third-order valence-corrected chi connectivity index (χ3v) is 3.66. The van der Waals surface area contributed by atoms with Gasteiger partial charge in [0.15, 0.2) is 0 Å². The Bertz CT molecular complexity index is 238. The van der Waals surface area contributed by atoms with E-state index in [0.29, 0.717) is 19.1 Å². The number of hydrogen-bond acceptors (Lipinski definition) is 3. The summed E-state index contributed by atoms with van der Waals surface area (Å²) in [6.45, 7) is 8.05. The predicted molar refractivity (Wildman–Crippen MR) is 71.3 cm³/mol. The van der Waals surface area contributed by atoms with Gasteiger partial charge in [-0.25, -0.2) is 0 Å². The van der Waals surface area contributed by atoms with E-state index < -0.39 is 12.7 Å². The van der Waals surface area contributed by atoms with E-state index in [2.05, 4.69) is 24.1 Å². The lowest BCUT2D eigenvalue weighted by molar-refractivity contribution is -0.149. The Morgan fingerprint density at radius 1 is 1.16 bits per heavy atom. The van der Waals surface area contributed by atoms with Crippen LogP contribution in [0.4, 0.5) is 13.2 Å². The molecule has 19 heavy (non-hydrogen) atoms. The molecule has 0 aromatic rings. The smallest absolute Gasteiger partial charge is 0.317 e. The average Bonchev–Trinajstić information content (AvgIpc) is 2.33. The molecule has 0 aromatic carbocycles. The van der Waals surface area contributed by atoms with Gasteiger partial charge in [0, 0.05) is 32.2 Å². The Hall–Kier alpha value is -0.330. The van der Waals surface area contributed by atoms with Crippen LogP contribution in [-0.2, 0) is 0 Å². The second-order valence-corrected chi connectivity index (χ2v) is 5.27. The van der Waals surface area contributed by atoms with Gasteiger partial charge in [-0.15, -0.1) is 0 Å². The number of hydrogen-bond donors (Lipinski definition) is 1. The van der Waals surface area contributed by atoms with Crippen molar-refractivity contribution in [1.82, 2.24) is 15.1 Å². The van der Waals surface area contributed by atoms with Gasteiger partial charge in [0.1, 0.15) is 0 Å². The molecule has 1 saturated heterocycles. The van der Waals surface area contributed by atoms with Gasteiger partial charge in [0.25, 0.3) is 0 Å². The highest BCUT2D eigenvalue weighted by Crippen LogP contribution is 2.18. The van der Waals surface area contributed by atoms with Gasteiger partial charge in [0.2, 0.25) is 0 Å². The van der Waals surface area contributed by atoms with Crippen molar-refractivity contribution in [3.63, 3.8) is 0 Å². The average molecular weight is 281 g/mol. The van der Waals surface area contributed by atoms with Gasteiger partial charge in [-0.1, -0.05) is 6.92 Å². The number of nitrogens with zero attached hydrogens (tertiary/aromatic N) is 2. The monoisotopic (exact) mass is 281 g/mol. The lowest BCUT2D eigenvalue weighted by Gasteiger charge is -2.38. The minimum Gasteiger partial charge on any atom is -0.317 e. The molecule has 1 heterocycles. The summed E-state index contributed by atoms with van der Waals surface area (Å²) in [5.41, 5.74) is 0. The van der Waals surface area contributed by atoms with Crippen LogP contribution in [0.5, 0.6) is 0 Å². The summed E-state index contributed by atoms with van der Waals surface area (Å²) < 4.78 is 36.8. The van der Waals surface area contributed by atoms with Crippen molar-refractivity contribution in [3.8, 4) is 0 Å². The maximum Gasteiger partial charge on any atom is 0.401 e. The summed E-state index contributed by atoms with van der Waals surface area (Å²) in [5, 5.41) is 3.29. The first kappa shape index (κ1) is 16.7. The zero-order valence-corrected chi connectivity index (χ0v) is 12.0. The lowest BCUT2D eigenvalue weighted by atomic mass is 10.1. The number of rotatable bonds is 7. The van der Waals surface area contributed by atoms with Crippen LogP contribution in [0.15, 0.2) is 0 Å². The molecule has 3 nitrogen and oxygen atoms in total. The molecule has 1 aliphatic rings. The Morgan fingerprint density at radius 2 is 1.79 bits per heavy atom. The lowest BCUT2D eigenvalue weighted by Crippen LogP contribution is -2.51. The molecule has 6 heteroatoms. The number of alkyl halides is 3. The van der Waals surface area contributed by atoms with Gasteiger partial charge in [-0.3, -0.25) is 9.80 Å². The van der Waals surface area contributed by atoms with Crippen molar-refractivity contribution in [2.45, 2.75) is 38.9 Å². The highest BCUT2D eigenvalue weighted by atomic mass is 19.4. The molecule has 0 aliphatic carbocycles. The first-order valence-corrected chi connectivity index (χ1v) is 7.16. The molecule has 1 N–H and O–H groups in total. The second kappa shape index (κ2) is 8.07. The van der Waals surface area contributed by atoms with E-state index in [1.807, 2.05) is 0 Å². The van der Waals surface area contributed by atoms with Crippen molar-refractivity contribution in [2.24, 2.45) is 0 Å². The molecule has 0 aromatic heterocycles. The fraction of sp³-hybridized carbons (Fsp3) is 1.00. The maximum absolute atomic E-state index is 12.3. The van der Waals surface area contributed by atoms with Crippen LogP contribution in [0.2, 0.25) is 0 Å². The highest BCUT2D eigenvalue weighted by Gasteiger charge is 2.32. The molecule has 1 fully saturated rings. The molecule has 0 saturated carbocycles. The molecular formula is C13H26F3N3. The third-order valence-electron chi connectivity index (χ3n) is 3.66. The first-order valence-electron chi connectivity index (χ1n) is 7.16. The summed E-state index contributed by atoms with van der Waals surface area (Å²) in [5.74, 6) is 0. The minimum atomic E-state index is -4.07. The van der Waals surface area contributed by atoms with Crippen LogP contribution in [0.1, 0.15) is 26.7 Å². The van der Waals surface area contributed by atoms with Crippen LogP contribution in [0, 0.1) is 0 Å². The summed E-state index contributed by atoms with van der Waals surface area (Å²) in [4.78, 5) is 3.81. The minimum absolute atomic E-state index is 0.465. The normalized spacial score (nSPS) is 20.7. The van der Waals surface area contributed by atoms with Crippen molar-refractivity contribution in [2.75, 3.05) is 45.8 Å². The fourth-order valence-corrected chi connectivity index (χ4v) is 2.50. The van der Waals surface area contributed by atoms with E-state index in [0.717, 1.165) is 39.0 Å². The summed E-state index contributed by atoms with van der Waals surface area (Å²) in [7, 11) is 0. The number of halogens is 3. The summed E-state index contributed by atoms with van der Waals surface area (Å²) in [6, 6.07) is 0.465. The van der Waals surface area contributed by atoms with Gasteiger partial charge in [-0.05, 0) is 32.9 Å². The molecule has 0 radical (unpaired) electrons. The SMILES string of the molecule is CCNCCCC(C)N1CCN(CC(F)(F)F)CC1. The Kier molecular flexibility index (Phi) is 7.10. The molecular weight excluding hydrogens is 255 g/mol. The van der Waals surface area contributed by atoms with Gasteiger partial charge in [-0.2, -0.15) is 13.2 Å². The summed E-state index contributed by atoms with van der Waals surface area (Å²) in [6.07, 6.45) is -1.84. The maximum atomic E-state index is 12.3. The predicted octanol–water partition coefficient (Wildman–Crippen LogP) is 1.94. The quantitative estimate of drug-likeness (QED) is 0.720. The topological polar surface area (TPSA) is 18.5 Å². The molecule has 1 aliphatic heterocycles. The molecule has 1 unspecified atom stereocenters. The number of piperazine rings is 1. The van der Waals surface area contributed by atoms with Crippen molar-refractivity contribution >= 4 is 0 Å².